The predicted octanol–water partition coefficient (Wildman–Crippen LogP) is 4.79. The van der Waals surface area contributed by atoms with Crippen LogP contribution in [0.4, 0.5) is 10.2 Å². The molecule has 0 bridgehead atoms. The molecule has 0 aliphatic heterocycles. The molecule has 0 radical (unpaired) electrons. The van der Waals surface area contributed by atoms with Gasteiger partial charge >= 0.3 is 0 Å². The molecule has 0 saturated heterocycles. The number of carbonyl (C=O) groups excluding carboxylic acids is 1. The zero-order chi connectivity index (χ0) is 17.8. The van der Waals surface area contributed by atoms with E-state index in [1.54, 1.807) is 30.3 Å². The van der Waals surface area contributed by atoms with Gasteiger partial charge in [0, 0.05) is 10.0 Å². The Bertz CT molecular complexity index is 882. The maximum atomic E-state index is 13.8. The summed E-state index contributed by atoms with van der Waals surface area (Å²) in [7, 11) is 0. The molecule has 1 unspecified atom stereocenters. The van der Waals surface area contributed by atoms with Crippen LogP contribution in [-0.2, 0) is 4.79 Å². The summed E-state index contributed by atoms with van der Waals surface area (Å²) in [4.78, 5) is 12.4. The number of hydrogen-bond donors (Lipinski definition) is 1. The lowest BCUT2D eigenvalue weighted by Crippen LogP contribution is -2.19. The van der Waals surface area contributed by atoms with Crippen molar-refractivity contribution in [3.63, 3.8) is 0 Å². The highest BCUT2D eigenvalue weighted by molar-refractivity contribution is 9.10. The summed E-state index contributed by atoms with van der Waals surface area (Å²) in [5.74, 6) is -0.553. The van der Waals surface area contributed by atoms with Gasteiger partial charge in [0.25, 0.3) is 0 Å². The van der Waals surface area contributed by atoms with Gasteiger partial charge in [-0.25, -0.2) is 4.39 Å². The first-order valence-corrected chi connectivity index (χ1v) is 8.49. The number of benzene rings is 2. The molecule has 3 rings (SSSR count). The van der Waals surface area contributed by atoms with Crippen molar-refractivity contribution in [1.29, 1.82) is 0 Å². The van der Waals surface area contributed by atoms with Gasteiger partial charge < -0.3 is 5.32 Å². The minimum absolute atomic E-state index is 0.185. The van der Waals surface area contributed by atoms with Gasteiger partial charge in [-0.3, -0.25) is 4.79 Å². The third kappa shape index (κ3) is 4.09. The number of hydrogen-bond acceptors (Lipinski definition) is 3. The number of anilines is 1. The number of nitrogens with one attached hydrogen (secondary N) is 1. The lowest BCUT2D eigenvalue weighted by molar-refractivity contribution is -0.117. The van der Waals surface area contributed by atoms with Crippen molar-refractivity contribution in [1.82, 2.24) is 10.2 Å². The molecule has 1 N–H and O–H groups in total. The van der Waals surface area contributed by atoms with Crippen molar-refractivity contribution >= 4 is 27.7 Å². The molecule has 2 aromatic carbocycles. The highest BCUT2D eigenvalue weighted by atomic mass is 79.9. The van der Waals surface area contributed by atoms with E-state index in [0.29, 0.717) is 17.1 Å². The highest BCUT2D eigenvalue weighted by Crippen LogP contribution is 2.22. The third-order valence-corrected chi connectivity index (χ3v) is 4.36. The van der Waals surface area contributed by atoms with E-state index in [1.165, 1.54) is 6.07 Å². The zero-order valence-corrected chi connectivity index (χ0v) is 15.0. The Balaban J connectivity index is 1.72. The largest absolute Gasteiger partial charge is 0.309 e. The quantitative estimate of drug-likeness (QED) is 0.686. The van der Waals surface area contributed by atoms with Crippen molar-refractivity contribution in [2.75, 3.05) is 5.32 Å². The number of aromatic nitrogens is 2. The van der Waals surface area contributed by atoms with Crippen LogP contribution < -0.4 is 5.32 Å². The van der Waals surface area contributed by atoms with E-state index >= 15 is 0 Å². The summed E-state index contributed by atoms with van der Waals surface area (Å²) in [6.45, 7) is 1.82. The van der Waals surface area contributed by atoms with E-state index < -0.39 is 0 Å². The van der Waals surface area contributed by atoms with E-state index in [9.17, 15) is 9.18 Å². The summed E-state index contributed by atoms with van der Waals surface area (Å²) in [5.41, 5.74) is 1.69. The Morgan fingerprint density at radius 2 is 1.76 bits per heavy atom. The lowest BCUT2D eigenvalue weighted by atomic mass is 10.0. The molecule has 6 heteroatoms. The SMILES string of the molecule is CC(C(=O)Nc1ccc(-c2ccccc2F)nn1)c1ccc(Br)cc1. The maximum Gasteiger partial charge on any atom is 0.232 e. The lowest BCUT2D eigenvalue weighted by Gasteiger charge is -2.12. The summed E-state index contributed by atoms with van der Waals surface area (Å²) in [6, 6.07) is 17.2. The second-order valence-electron chi connectivity index (χ2n) is 5.55. The molecule has 0 spiro atoms. The Kier molecular flexibility index (Phi) is 5.19. The van der Waals surface area contributed by atoms with Crippen LogP contribution in [0.2, 0.25) is 0 Å². The van der Waals surface area contributed by atoms with Crippen LogP contribution >= 0.6 is 15.9 Å². The first-order valence-electron chi connectivity index (χ1n) is 7.69. The van der Waals surface area contributed by atoms with E-state index in [2.05, 4.69) is 31.4 Å². The van der Waals surface area contributed by atoms with Crippen LogP contribution in [0.3, 0.4) is 0 Å². The third-order valence-electron chi connectivity index (χ3n) is 3.83. The van der Waals surface area contributed by atoms with Crippen molar-refractivity contribution in [3.05, 3.63) is 76.5 Å². The van der Waals surface area contributed by atoms with E-state index in [4.69, 9.17) is 0 Å². The molecule has 1 heterocycles. The van der Waals surface area contributed by atoms with Gasteiger partial charge in [0.15, 0.2) is 5.82 Å². The van der Waals surface area contributed by atoms with Crippen LogP contribution in [0.1, 0.15) is 18.4 Å². The normalized spacial score (nSPS) is 11.8. The highest BCUT2D eigenvalue weighted by Gasteiger charge is 2.16. The molecule has 1 amide bonds. The zero-order valence-electron chi connectivity index (χ0n) is 13.4. The fraction of sp³-hybridized carbons (Fsp3) is 0.105. The Labute approximate surface area is 153 Å². The summed E-state index contributed by atoms with van der Waals surface area (Å²) in [6.07, 6.45) is 0. The van der Waals surface area contributed by atoms with Crippen LogP contribution in [0.5, 0.6) is 0 Å². The molecule has 0 aliphatic rings. The Hall–Kier alpha value is -2.60. The summed E-state index contributed by atoms with van der Waals surface area (Å²) < 4.78 is 14.7. The molecule has 25 heavy (non-hydrogen) atoms. The molecule has 0 aliphatic carbocycles. The summed E-state index contributed by atoms with van der Waals surface area (Å²) in [5, 5.41) is 10.7. The van der Waals surface area contributed by atoms with E-state index in [-0.39, 0.29) is 17.6 Å². The van der Waals surface area contributed by atoms with Crippen LogP contribution in [0.25, 0.3) is 11.3 Å². The topological polar surface area (TPSA) is 54.9 Å². The van der Waals surface area contributed by atoms with Crippen molar-refractivity contribution in [2.24, 2.45) is 0 Å². The van der Waals surface area contributed by atoms with Crippen LogP contribution in [-0.4, -0.2) is 16.1 Å². The standard InChI is InChI=1S/C19H15BrFN3O/c1-12(13-6-8-14(20)9-7-13)19(25)22-18-11-10-17(23-24-18)15-4-2-3-5-16(15)21/h2-12H,1H3,(H,22,24,25). The number of halogens is 2. The first-order chi connectivity index (χ1) is 12.0. The van der Waals surface area contributed by atoms with E-state index in [1.807, 2.05) is 31.2 Å². The average molecular weight is 400 g/mol. The fourth-order valence-corrected chi connectivity index (χ4v) is 2.61. The predicted molar refractivity (Wildman–Crippen MR) is 98.6 cm³/mol. The molecule has 0 saturated carbocycles. The van der Waals surface area contributed by atoms with Gasteiger partial charge in [0.05, 0.1) is 11.6 Å². The molecule has 1 aromatic heterocycles. The molecule has 1 atom stereocenters. The summed E-state index contributed by atoms with van der Waals surface area (Å²) >= 11 is 3.37. The Morgan fingerprint density at radius 3 is 2.40 bits per heavy atom. The van der Waals surface area contributed by atoms with Gasteiger partial charge in [-0.1, -0.05) is 40.2 Å². The number of amides is 1. The smallest absolute Gasteiger partial charge is 0.232 e. The number of rotatable bonds is 4. The van der Waals surface area contributed by atoms with Gasteiger partial charge in [-0.15, -0.1) is 10.2 Å². The first kappa shape index (κ1) is 17.2. The van der Waals surface area contributed by atoms with Crippen molar-refractivity contribution in [2.45, 2.75) is 12.8 Å². The van der Waals surface area contributed by atoms with Crippen molar-refractivity contribution < 1.29 is 9.18 Å². The molecular weight excluding hydrogens is 385 g/mol. The van der Waals surface area contributed by atoms with Crippen molar-refractivity contribution in [3.8, 4) is 11.3 Å². The molecule has 126 valence electrons. The van der Waals surface area contributed by atoms with Gasteiger partial charge in [-0.2, -0.15) is 0 Å². The van der Waals surface area contributed by atoms with Crippen LogP contribution in [0, 0.1) is 5.82 Å². The molecular formula is C19H15BrFN3O. The molecule has 0 fully saturated rings. The minimum Gasteiger partial charge on any atom is -0.309 e. The minimum atomic E-state index is -0.363. The van der Waals surface area contributed by atoms with E-state index in [0.717, 1.165) is 10.0 Å². The van der Waals surface area contributed by atoms with Gasteiger partial charge in [0.2, 0.25) is 5.91 Å². The monoisotopic (exact) mass is 399 g/mol. The second kappa shape index (κ2) is 7.53. The fourth-order valence-electron chi connectivity index (χ4n) is 2.35. The van der Waals surface area contributed by atoms with Crippen LogP contribution in [0.15, 0.2) is 65.1 Å². The molecule has 3 aromatic rings. The molecule has 4 nitrogen and oxygen atoms in total. The maximum absolute atomic E-state index is 13.8. The number of carbonyl (C=O) groups is 1. The second-order valence-corrected chi connectivity index (χ2v) is 6.46. The average Bonchev–Trinajstić information content (AvgIpc) is 2.63. The van der Waals surface area contributed by atoms with Gasteiger partial charge in [0.1, 0.15) is 5.82 Å². The number of nitrogens with zero attached hydrogens (tertiary/aromatic N) is 2. The Morgan fingerprint density at radius 1 is 1.04 bits per heavy atom. The van der Waals surface area contributed by atoms with Gasteiger partial charge in [-0.05, 0) is 48.9 Å².